The fourth-order valence-electron chi connectivity index (χ4n) is 2.30. The van der Waals surface area contributed by atoms with Crippen LogP contribution in [-0.2, 0) is 9.59 Å². The molecule has 0 radical (unpaired) electrons. The van der Waals surface area contributed by atoms with Gasteiger partial charge >= 0.3 is 5.97 Å². The average molecular weight is 346 g/mol. The summed E-state index contributed by atoms with van der Waals surface area (Å²) in [7, 11) is 1.58. The Kier molecular flexibility index (Phi) is 4.87. The SMILES string of the molecule is CC(CN(C)C(=O)C1(C(=O)O)CC1)Oc1ccc(Cl)c(Cl)c1. The van der Waals surface area contributed by atoms with E-state index in [1.165, 1.54) is 4.90 Å². The molecule has 1 aliphatic rings. The Bertz CT molecular complexity index is 601. The quantitative estimate of drug-likeness (QED) is 0.804. The lowest BCUT2D eigenvalue weighted by Gasteiger charge is -2.25. The Balaban J connectivity index is 1.94. The number of likely N-dealkylation sites (N-methyl/N-ethyl adjacent to an activating group) is 1. The molecule has 2 rings (SSSR count). The highest BCUT2D eigenvalue weighted by Crippen LogP contribution is 2.47. The fraction of sp³-hybridized carbons (Fsp3) is 0.467. The van der Waals surface area contributed by atoms with Crippen LogP contribution in [0.15, 0.2) is 18.2 Å². The van der Waals surface area contributed by atoms with Gasteiger partial charge in [-0.15, -0.1) is 0 Å². The van der Waals surface area contributed by atoms with Crippen molar-refractivity contribution in [3.05, 3.63) is 28.2 Å². The molecule has 1 atom stereocenters. The number of hydrogen-bond acceptors (Lipinski definition) is 3. The maximum Gasteiger partial charge on any atom is 0.319 e. The summed E-state index contributed by atoms with van der Waals surface area (Å²) >= 11 is 11.7. The van der Waals surface area contributed by atoms with E-state index in [2.05, 4.69) is 0 Å². The number of benzene rings is 1. The van der Waals surface area contributed by atoms with Gasteiger partial charge in [-0.25, -0.2) is 0 Å². The minimum Gasteiger partial charge on any atom is -0.489 e. The van der Waals surface area contributed by atoms with Crippen LogP contribution in [0.1, 0.15) is 19.8 Å². The summed E-state index contributed by atoms with van der Waals surface area (Å²) in [6, 6.07) is 4.92. The number of carboxylic acid groups (broad SMARTS) is 1. The van der Waals surface area contributed by atoms with Crippen molar-refractivity contribution in [1.82, 2.24) is 4.90 Å². The van der Waals surface area contributed by atoms with Crippen LogP contribution in [0.5, 0.6) is 5.75 Å². The second-order valence-electron chi connectivity index (χ2n) is 5.58. The molecule has 0 bridgehead atoms. The van der Waals surface area contributed by atoms with Gasteiger partial charge in [0.2, 0.25) is 5.91 Å². The van der Waals surface area contributed by atoms with Crippen LogP contribution in [0, 0.1) is 5.41 Å². The Morgan fingerprint density at radius 3 is 2.50 bits per heavy atom. The topological polar surface area (TPSA) is 66.8 Å². The van der Waals surface area contributed by atoms with Crippen LogP contribution in [-0.4, -0.2) is 41.6 Å². The Labute approximate surface area is 138 Å². The standard InChI is InChI=1S/C15H17Cl2NO4/c1-9(22-10-3-4-11(16)12(17)7-10)8-18(2)13(19)15(5-6-15)14(20)21/h3-4,7,9H,5-6,8H2,1-2H3,(H,20,21). The van der Waals surface area contributed by atoms with Crippen LogP contribution >= 0.6 is 23.2 Å². The van der Waals surface area contributed by atoms with E-state index in [1.807, 2.05) is 0 Å². The summed E-state index contributed by atoms with van der Waals surface area (Å²) in [5.74, 6) is -0.880. The van der Waals surface area contributed by atoms with Gasteiger partial charge in [0.25, 0.3) is 0 Å². The summed E-state index contributed by atoms with van der Waals surface area (Å²) in [6.45, 7) is 2.08. The zero-order valence-electron chi connectivity index (χ0n) is 12.3. The van der Waals surface area contributed by atoms with Crippen molar-refractivity contribution in [2.45, 2.75) is 25.9 Å². The summed E-state index contributed by atoms with van der Waals surface area (Å²) in [5.41, 5.74) is -1.22. The van der Waals surface area contributed by atoms with Gasteiger partial charge < -0.3 is 14.7 Å². The maximum absolute atomic E-state index is 12.2. The molecular formula is C15H17Cl2NO4. The van der Waals surface area contributed by atoms with E-state index in [4.69, 9.17) is 33.0 Å². The number of amides is 1. The first-order valence-corrected chi connectivity index (χ1v) is 7.62. The normalized spacial score (nSPS) is 16.7. The van der Waals surface area contributed by atoms with Crippen LogP contribution in [0.25, 0.3) is 0 Å². The molecule has 0 aliphatic heterocycles. The van der Waals surface area contributed by atoms with Crippen LogP contribution < -0.4 is 4.74 Å². The van der Waals surface area contributed by atoms with E-state index >= 15 is 0 Å². The highest BCUT2D eigenvalue weighted by Gasteiger charge is 2.58. The van der Waals surface area contributed by atoms with Crippen LogP contribution in [0.3, 0.4) is 0 Å². The van der Waals surface area contributed by atoms with E-state index in [0.717, 1.165) is 0 Å². The van der Waals surface area contributed by atoms with Gasteiger partial charge in [0.15, 0.2) is 0 Å². The zero-order valence-corrected chi connectivity index (χ0v) is 13.8. The molecule has 0 heterocycles. The van der Waals surface area contributed by atoms with Gasteiger partial charge in [-0.05, 0) is 31.9 Å². The fourth-order valence-corrected chi connectivity index (χ4v) is 2.59. The molecule has 0 spiro atoms. The number of hydrogen-bond donors (Lipinski definition) is 1. The molecule has 1 fully saturated rings. The summed E-state index contributed by atoms with van der Waals surface area (Å²) in [5, 5.41) is 9.97. The number of rotatable bonds is 6. The van der Waals surface area contributed by atoms with Gasteiger partial charge in [0.1, 0.15) is 17.3 Å². The van der Waals surface area contributed by atoms with Crippen molar-refractivity contribution in [3.8, 4) is 5.75 Å². The van der Waals surface area contributed by atoms with Gasteiger partial charge in [-0.3, -0.25) is 9.59 Å². The molecule has 22 heavy (non-hydrogen) atoms. The van der Waals surface area contributed by atoms with E-state index in [9.17, 15) is 9.59 Å². The Morgan fingerprint density at radius 2 is 2.00 bits per heavy atom. The molecular weight excluding hydrogens is 329 g/mol. The molecule has 1 saturated carbocycles. The molecule has 0 aromatic heterocycles. The molecule has 1 amide bonds. The minimum absolute atomic E-state index is 0.286. The van der Waals surface area contributed by atoms with Crippen LogP contribution in [0.4, 0.5) is 0 Å². The molecule has 120 valence electrons. The van der Waals surface area contributed by atoms with E-state index < -0.39 is 11.4 Å². The monoisotopic (exact) mass is 345 g/mol. The first kappa shape index (κ1) is 16.9. The number of halogens is 2. The van der Waals surface area contributed by atoms with Crippen molar-refractivity contribution in [2.75, 3.05) is 13.6 Å². The predicted octanol–water partition coefficient (Wildman–Crippen LogP) is 3.08. The number of carboxylic acids is 1. The predicted molar refractivity (Wildman–Crippen MR) is 83.5 cm³/mol. The number of ether oxygens (including phenoxy) is 1. The number of carbonyl (C=O) groups is 2. The second-order valence-corrected chi connectivity index (χ2v) is 6.39. The lowest BCUT2D eigenvalue weighted by Crippen LogP contribution is -2.42. The maximum atomic E-state index is 12.2. The third-order valence-corrected chi connectivity index (χ3v) is 4.41. The lowest BCUT2D eigenvalue weighted by molar-refractivity contribution is -0.153. The van der Waals surface area contributed by atoms with Crippen molar-refractivity contribution < 1.29 is 19.4 Å². The number of aliphatic carboxylic acids is 1. The van der Waals surface area contributed by atoms with Crippen molar-refractivity contribution in [2.24, 2.45) is 5.41 Å². The van der Waals surface area contributed by atoms with E-state index in [1.54, 1.807) is 32.2 Å². The summed E-state index contributed by atoms with van der Waals surface area (Å²) < 4.78 is 5.68. The second kappa shape index (κ2) is 6.34. The first-order valence-electron chi connectivity index (χ1n) is 6.87. The van der Waals surface area contributed by atoms with Crippen molar-refractivity contribution >= 4 is 35.1 Å². The largest absolute Gasteiger partial charge is 0.489 e. The van der Waals surface area contributed by atoms with Gasteiger partial charge in [0.05, 0.1) is 16.6 Å². The molecule has 1 unspecified atom stereocenters. The highest BCUT2D eigenvalue weighted by molar-refractivity contribution is 6.42. The molecule has 7 heteroatoms. The smallest absolute Gasteiger partial charge is 0.319 e. The Morgan fingerprint density at radius 1 is 1.36 bits per heavy atom. The van der Waals surface area contributed by atoms with E-state index in [0.29, 0.717) is 28.6 Å². The van der Waals surface area contributed by atoms with E-state index in [-0.39, 0.29) is 18.6 Å². The van der Waals surface area contributed by atoms with Crippen molar-refractivity contribution in [3.63, 3.8) is 0 Å². The molecule has 0 saturated heterocycles. The highest BCUT2D eigenvalue weighted by atomic mass is 35.5. The van der Waals surface area contributed by atoms with Crippen molar-refractivity contribution in [1.29, 1.82) is 0 Å². The summed E-state index contributed by atoms with van der Waals surface area (Å²) in [6.07, 6.45) is 0.483. The Hall–Kier alpha value is -1.46. The lowest BCUT2D eigenvalue weighted by atomic mass is 10.1. The van der Waals surface area contributed by atoms with Crippen LogP contribution in [0.2, 0.25) is 10.0 Å². The zero-order chi connectivity index (χ0) is 16.5. The first-order chi connectivity index (χ1) is 10.3. The molecule has 1 aliphatic carbocycles. The average Bonchev–Trinajstić information content (AvgIpc) is 3.23. The molecule has 1 N–H and O–H groups in total. The molecule has 1 aromatic carbocycles. The number of carbonyl (C=O) groups excluding carboxylic acids is 1. The third kappa shape index (κ3) is 3.47. The van der Waals surface area contributed by atoms with Gasteiger partial charge in [-0.2, -0.15) is 0 Å². The molecule has 1 aromatic rings. The van der Waals surface area contributed by atoms with Gasteiger partial charge in [-0.1, -0.05) is 23.2 Å². The van der Waals surface area contributed by atoms with Gasteiger partial charge in [0, 0.05) is 13.1 Å². The third-order valence-electron chi connectivity index (χ3n) is 3.67. The number of nitrogens with zero attached hydrogens (tertiary/aromatic N) is 1. The summed E-state index contributed by atoms with van der Waals surface area (Å²) in [4.78, 5) is 24.8. The molecule has 5 nitrogen and oxygen atoms in total. The minimum atomic E-state index is -1.22.